The number of likely N-dealkylation sites (tertiary alicyclic amines) is 1. The van der Waals surface area contributed by atoms with Crippen molar-refractivity contribution in [2.75, 3.05) is 25.5 Å². The highest BCUT2D eigenvalue weighted by Crippen LogP contribution is 2.24. The molecule has 0 atom stereocenters. The molecule has 7 heteroatoms. The average molecular weight is 409 g/mol. The van der Waals surface area contributed by atoms with Crippen LogP contribution in [0.25, 0.3) is 11.4 Å². The summed E-state index contributed by atoms with van der Waals surface area (Å²) in [6.07, 6.45) is 2.18. The molecule has 0 spiro atoms. The molecule has 1 aliphatic heterocycles. The first-order valence-electron chi connectivity index (χ1n) is 9.78. The molecule has 4 rings (SSSR count). The summed E-state index contributed by atoms with van der Waals surface area (Å²) in [6.45, 7) is 1.49. The summed E-state index contributed by atoms with van der Waals surface area (Å²) in [5, 5.41) is 4.32. The van der Waals surface area contributed by atoms with Gasteiger partial charge in [0.15, 0.2) is 5.82 Å². The van der Waals surface area contributed by atoms with Crippen LogP contribution in [-0.2, 0) is 11.2 Å². The smallest absolute Gasteiger partial charge is 0.227 e. The van der Waals surface area contributed by atoms with Crippen LogP contribution in [0.5, 0.6) is 5.75 Å². The van der Waals surface area contributed by atoms with Crippen molar-refractivity contribution in [1.82, 2.24) is 14.3 Å². The molecule has 1 aliphatic rings. The Hall–Kier alpha value is -2.93. The van der Waals surface area contributed by atoms with Crippen molar-refractivity contribution in [3.05, 3.63) is 60.2 Å². The van der Waals surface area contributed by atoms with Crippen molar-refractivity contribution in [2.45, 2.75) is 25.3 Å². The second-order valence-electron chi connectivity index (χ2n) is 7.08. The third-order valence-electron chi connectivity index (χ3n) is 5.17. The van der Waals surface area contributed by atoms with Crippen molar-refractivity contribution in [3.8, 4) is 17.1 Å². The van der Waals surface area contributed by atoms with Gasteiger partial charge in [-0.1, -0.05) is 48.5 Å². The number of hydrogen-bond acceptors (Lipinski definition) is 6. The average Bonchev–Trinajstić information content (AvgIpc) is 3.24. The maximum absolute atomic E-state index is 12.7. The van der Waals surface area contributed by atoms with E-state index in [0.29, 0.717) is 12.5 Å². The molecule has 1 saturated heterocycles. The summed E-state index contributed by atoms with van der Waals surface area (Å²) in [6, 6.07) is 18.0. The van der Waals surface area contributed by atoms with Gasteiger partial charge in [0, 0.05) is 41.8 Å². The number of rotatable bonds is 6. The molecule has 0 saturated carbocycles. The van der Waals surface area contributed by atoms with Gasteiger partial charge in [0.2, 0.25) is 11.0 Å². The highest BCUT2D eigenvalue weighted by atomic mass is 32.1. The van der Waals surface area contributed by atoms with Gasteiger partial charge in [0.05, 0.1) is 13.5 Å². The summed E-state index contributed by atoms with van der Waals surface area (Å²) < 4.78 is 9.81. The van der Waals surface area contributed by atoms with Crippen molar-refractivity contribution in [3.63, 3.8) is 0 Å². The number of nitrogens with one attached hydrogen (secondary N) is 1. The lowest BCUT2D eigenvalue weighted by Gasteiger charge is -2.32. The Kier molecular flexibility index (Phi) is 6.05. The van der Waals surface area contributed by atoms with Crippen LogP contribution in [0.15, 0.2) is 54.6 Å². The number of hydrogen-bond donors (Lipinski definition) is 1. The molecule has 0 aliphatic carbocycles. The maximum Gasteiger partial charge on any atom is 0.227 e. The molecule has 6 nitrogen and oxygen atoms in total. The molecule has 150 valence electrons. The Labute approximate surface area is 174 Å². The number of piperidine rings is 1. The van der Waals surface area contributed by atoms with Crippen molar-refractivity contribution < 1.29 is 9.53 Å². The second-order valence-corrected chi connectivity index (χ2v) is 7.83. The number of anilines is 1. The number of ether oxygens (including phenoxy) is 1. The van der Waals surface area contributed by atoms with Gasteiger partial charge in [-0.25, -0.2) is 0 Å². The predicted octanol–water partition coefficient (Wildman–Crippen LogP) is 3.86. The summed E-state index contributed by atoms with van der Waals surface area (Å²) in [4.78, 5) is 19.2. The lowest BCUT2D eigenvalue weighted by Crippen LogP contribution is -2.43. The molecule has 29 heavy (non-hydrogen) atoms. The summed E-state index contributed by atoms with van der Waals surface area (Å²) in [7, 11) is 1.64. The highest BCUT2D eigenvalue weighted by molar-refractivity contribution is 7.09. The number of carbonyl (C=O) groups excluding carboxylic acids is 1. The fourth-order valence-corrected chi connectivity index (χ4v) is 4.22. The van der Waals surface area contributed by atoms with E-state index >= 15 is 0 Å². The number of methoxy groups -OCH3 is 1. The first-order chi connectivity index (χ1) is 14.2. The van der Waals surface area contributed by atoms with Crippen LogP contribution in [0.3, 0.4) is 0 Å². The van der Waals surface area contributed by atoms with E-state index in [2.05, 4.69) is 14.7 Å². The van der Waals surface area contributed by atoms with Crippen LogP contribution in [-0.4, -0.2) is 46.4 Å². The Morgan fingerprint density at radius 3 is 2.62 bits per heavy atom. The minimum atomic E-state index is 0.148. The number of aromatic nitrogens is 2. The molecule has 1 aromatic heterocycles. The van der Waals surface area contributed by atoms with Gasteiger partial charge in [-0.15, -0.1) is 0 Å². The van der Waals surface area contributed by atoms with E-state index in [4.69, 9.17) is 4.74 Å². The van der Waals surface area contributed by atoms with Crippen LogP contribution < -0.4 is 10.1 Å². The third-order valence-corrected chi connectivity index (χ3v) is 5.81. The molecule has 0 unspecified atom stereocenters. The van der Waals surface area contributed by atoms with Gasteiger partial charge >= 0.3 is 0 Å². The first kappa shape index (κ1) is 19.4. The Morgan fingerprint density at radius 2 is 1.86 bits per heavy atom. The van der Waals surface area contributed by atoms with Gasteiger partial charge in [-0.05, 0) is 18.9 Å². The van der Waals surface area contributed by atoms with E-state index in [0.717, 1.165) is 53.8 Å². The zero-order valence-electron chi connectivity index (χ0n) is 16.4. The van der Waals surface area contributed by atoms with Gasteiger partial charge in [0.25, 0.3) is 0 Å². The molecule has 3 aromatic rings. The highest BCUT2D eigenvalue weighted by Gasteiger charge is 2.24. The summed E-state index contributed by atoms with van der Waals surface area (Å²) in [5.41, 5.74) is 1.95. The largest absolute Gasteiger partial charge is 0.496 e. The first-order valence-corrected chi connectivity index (χ1v) is 10.6. The van der Waals surface area contributed by atoms with E-state index in [1.807, 2.05) is 59.5 Å². The van der Waals surface area contributed by atoms with Gasteiger partial charge in [0.1, 0.15) is 5.75 Å². The van der Waals surface area contributed by atoms with E-state index in [1.54, 1.807) is 7.11 Å². The van der Waals surface area contributed by atoms with Crippen LogP contribution >= 0.6 is 11.5 Å². The molecular formula is C22H24N4O2S. The topological polar surface area (TPSA) is 67.3 Å². The zero-order chi connectivity index (χ0) is 20.1. The van der Waals surface area contributed by atoms with E-state index in [9.17, 15) is 4.79 Å². The van der Waals surface area contributed by atoms with Crippen LogP contribution in [0.4, 0.5) is 5.13 Å². The maximum atomic E-state index is 12.7. The molecule has 2 aromatic carbocycles. The van der Waals surface area contributed by atoms with E-state index < -0.39 is 0 Å². The number of para-hydroxylation sites is 1. The summed E-state index contributed by atoms with van der Waals surface area (Å²) in [5.74, 6) is 1.67. The predicted molar refractivity (Wildman–Crippen MR) is 115 cm³/mol. The minimum Gasteiger partial charge on any atom is -0.496 e. The van der Waals surface area contributed by atoms with Gasteiger partial charge in [-0.2, -0.15) is 9.36 Å². The molecule has 1 fully saturated rings. The Balaban J connectivity index is 1.29. The van der Waals surface area contributed by atoms with E-state index in [-0.39, 0.29) is 5.91 Å². The molecule has 0 radical (unpaired) electrons. The van der Waals surface area contributed by atoms with Crippen molar-refractivity contribution in [1.29, 1.82) is 0 Å². The van der Waals surface area contributed by atoms with Crippen LogP contribution in [0.1, 0.15) is 18.4 Å². The molecular weight excluding hydrogens is 384 g/mol. The normalized spacial score (nSPS) is 14.6. The number of carbonyl (C=O) groups is 1. The van der Waals surface area contributed by atoms with Crippen molar-refractivity contribution in [2.24, 2.45) is 0 Å². The Morgan fingerprint density at radius 1 is 1.14 bits per heavy atom. The molecule has 1 N–H and O–H groups in total. The number of nitrogens with zero attached hydrogens (tertiary/aromatic N) is 3. The van der Waals surface area contributed by atoms with Gasteiger partial charge < -0.3 is 15.0 Å². The SMILES string of the molecule is COc1ccccc1CC(=O)N1CCC(Nc2nc(-c3ccccc3)ns2)CC1. The van der Waals surface area contributed by atoms with Crippen LogP contribution in [0.2, 0.25) is 0 Å². The quantitative estimate of drug-likeness (QED) is 0.671. The standard InChI is InChI=1S/C22H24N4O2S/c1-28-19-10-6-5-9-17(19)15-20(27)26-13-11-18(12-14-26)23-22-24-21(25-29-22)16-7-3-2-4-8-16/h2-10,18H,11-15H2,1H3,(H,23,24,25). The van der Waals surface area contributed by atoms with Gasteiger partial charge in [-0.3, -0.25) is 4.79 Å². The third kappa shape index (κ3) is 4.74. The zero-order valence-corrected chi connectivity index (χ0v) is 17.2. The monoisotopic (exact) mass is 408 g/mol. The van der Waals surface area contributed by atoms with Crippen LogP contribution in [0, 0.1) is 0 Å². The number of amides is 1. The lowest BCUT2D eigenvalue weighted by molar-refractivity contribution is -0.131. The fourth-order valence-electron chi connectivity index (χ4n) is 3.56. The molecule has 1 amide bonds. The fraction of sp³-hybridized carbons (Fsp3) is 0.318. The molecule has 2 heterocycles. The van der Waals surface area contributed by atoms with E-state index in [1.165, 1.54) is 11.5 Å². The summed E-state index contributed by atoms with van der Waals surface area (Å²) >= 11 is 1.38. The number of benzene rings is 2. The molecule has 0 bridgehead atoms. The van der Waals surface area contributed by atoms with Crippen molar-refractivity contribution >= 4 is 22.6 Å². The second kappa shape index (κ2) is 9.05. The minimum absolute atomic E-state index is 0.148. The Bertz CT molecular complexity index is 952. The lowest BCUT2D eigenvalue weighted by atomic mass is 10.0.